The zero-order valence-corrected chi connectivity index (χ0v) is 23.0. The third-order valence-electron chi connectivity index (χ3n) is 5.63. The van der Waals surface area contributed by atoms with Gasteiger partial charge in [-0.25, -0.2) is 4.79 Å². The summed E-state index contributed by atoms with van der Waals surface area (Å²) in [7, 11) is 0. The Balaban J connectivity index is 5.62. The SMILES string of the molecule is CC(C)C[C@H](NC(=O)[C@H](CCN)NC(=O)[C@@H](NC(=O)[C@@H](CC(C)C)NC(=O)[C@@H](N)CCN)[C@@H](C)O)C(=O)O. The first-order valence-corrected chi connectivity index (χ1v) is 12.9. The summed E-state index contributed by atoms with van der Waals surface area (Å²) < 4.78 is 0. The van der Waals surface area contributed by atoms with Crippen LogP contribution in [-0.4, -0.2) is 89.2 Å². The number of aliphatic hydroxyl groups is 1. The van der Waals surface area contributed by atoms with Gasteiger partial charge < -0.3 is 48.7 Å². The normalized spacial score (nSPS) is 16.1. The van der Waals surface area contributed by atoms with E-state index in [0.29, 0.717) is 0 Å². The first kappa shape index (κ1) is 35.2. The number of carbonyl (C=O) groups is 5. The topological polar surface area (TPSA) is 252 Å². The summed E-state index contributed by atoms with van der Waals surface area (Å²) in [5.74, 6) is -4.19. The van der Waals surface area contributed by atoms with Gasteiger partial charge in [-0.1, -0.05) is 27.7 Å². The van der Waals surface area contributed by atoms with Crippen molar-refractivity contribution in [1.82, 2.24) is 21.3 Å². The molecule has 0 saturated heterocycles. The molecule has 0 aromatic carbocycles. The lowest BCUT2D eigenvalue weighted by Crippen LogP contribution is -2.61. The summed E-state index contributed by atoms with van der Waals surface area (Å²) in [4.78, 5) is 62.8. The lowest BCUT2D eigenvalue weighted by atomic mass is 10.0. The molecule has 0 spiro atoms. The van der Waals surface area contributed by atoms with Crippen LogP contribution in [0.15, 0.2) is 0 Å². The Hall–Kier alpha value is -2.81. The number of aliphatic carboxylic acids is 1. The van der Waals surface area contributed by atoms with Crippen molar-refractivity contribution in [3.63, 3.8) is 0 Å². The molecule has 0 heterocycles. The summed E-state index contributed by atoms with van der Waals surface area (Å²) in [6.45, 7) is 8.74. The fourth-order valence-electron chi connectivity index (χ4n) is 3.61. The maximum Gasteiger partial charge on any atom is 0.326 e. The van der Waals surface area contributed by atoms with Crippen molar-refractivity contribution in [3.05, 3.63) is 0 Å². The van der Waals surface area contributed by atoms with Gasteiger partial charge in [0.05, 0.1) is 12.1 Å². The number of aliphatic hydroxyl groups excluding tert-OH is 1. The summed E-state index contributed by atoms with van der Waals surface area (Å²) in [6.07, 6.45) is -0.772. The van der Waals surface area contributed by atoms with Crippen LogP contribution in [0.3, 0.4) is 0 Å². The number of carboxylic acid groups (broad SMARTS) is 1. The molecule has 38 heavy (non-hydrogen) atoms. The number of carboxylic acids is 1. The number of nitrogens with two attached hydrogens (primary N) is 3. The molecule has 0 rings (SSSR count). The van der Waals surface area contributed by atoms with Gasteiger partial charge >= 0.3 is 5.97 Å². The highest BCUT2D eigenvalue weighted by molar-refractivity contribution is 5.95. The molecule has 0 saturated carbocycles. The van der Waals surface area contributed by atoms with E-state index in [0.717, 1.165) is 0 Å². The number of hydrogen-bond acceptors (Lipinski definition) is 9. The van der Waals surface area contributed by atoms with Crippen molar-refractivity contribution in [2.24, 2.45) is 29.0 Å². The van der Waals surface area contributed by atoms with Gasteiger partial charge in [0, 0.05) is 0 Å². The van der Waals surface area contributed by atoms with E-state index in [1.807, 2.05) is 13.8 Å². The van der Waals surface area contributed by atoms with Crippen LogP contribution < -0.4 is 38.5 Å². The molecule has 0 aliphatic carbocycles. The lowest BCUT2D eigenvalue weighted by molar-refractivity contribution is -0.143. The first-order valence-electron chi connectivity index (χ1n) is 12.9. The second-order valence-electron chi connectivity index (χ2n) is 10.3. The summed E-state index contributed by atoms with van der Waals surface area (Å²) in [5, 5.41) is 29.5. The number of nitrogens with one attached hydrogen (secondary N) is 4. The molecular formula is C24H47N7O7. The Morgan fingerprint density at radius 3 is 1.55 bits per heavy atom. The quantitative estimate of drug-likeness (QED) is 0.0875. The summed E-state index contributed by atoms with van der Waals surface area (Å²) >= 11 is 0. The van der Waals surface area contributed by atoms with E-state index in [-0.39, 0.29) is 50.6 Å². The molecule has 0 aromatic heterocycles. The highest BCUT2D eigenvalue weighted by Gasteiger charge is 2.33. The molecule has 220 valence electrons. The highest BCUT2D eigenvalue weighted by atomic mass is 16.4. The minimum atomic E-state index is -1.48. The van der Waals surface area contributed by atoms with Crippen molar-refractivity contribution in [2.45, 2.75) is 96.6 Å². The van der Waals surface area contributed by atoms with Crippen LogP contribution in [0.5, 0.6) is 0 Å². The van der Waals surface area contributed by atoms with Crippen molar-refractivity contribution < 1.29 is 34.2 Å². The third-order valence-corrected chi connectivity index (χ3v) is 5.63. The second kappa shape index (κ2) is 17.7. The Kier molecular flexibility index (Phi) is 16.3. The fourth-order valence-corrected chi connectivity index (χ4v) is 3.61. The van der Waals surface area contributed by atoms with Gasteiger partial charge in [-0.05, 0) is 57.5 Å². The van der Waals surface area contributed by atoms with Crippen LogP contribution in [-0.2, 0) is 24.0 Å². The molecule has 0 radical (unpaired) electrons. The molecule has 0 fully saturated rings. The van der Waals surface area contributed by atoms with Gasteiger partial charge in [0.25, 0.3) is 0 Å². The van der Waals surface area contributed by atoms with Gasteiger partial charge in [0.1, 0.15) is 24.2 Å². The van der Waals surface area contributed by atoms with Crippen molar-refractivity contribution in [1.29, 1.82) is 0 Å². The maximum atomic E-state index is 13.0. The molecule has 12 N–H and O–H groups in total. The Morgan fingerprint density at radius 1 is 0.658 bits per heavy atom. The molecule has 4 amide bonds. The Labute approximate surface area is 224 Å². The molecule has 0 bridgehead atoms. The van der Waals surface area contributed by atoms with Crippen LogP contribution in [0.2, 0.25) is 0 Å². The minimum Gasteiger partial charge on any atom is -0.480 e. The van der Waals surface area contributed by atoms with Gasteiger partial charge in [-0.15, -0.1) is 0 Å². The summed E-state index contributed by atoms with van der Waals surface area (Å²) in [5.41, 5.74) is 16.8. The van der Waals surface area contributed by atoms with Crippen LogP contribution in [0.25, 0.3) is 0 Å². The summed E-state index contributed by atoms with van der Waals surface area (Å²) in [6, 6.07) is -5.82. The number of rotatable bonds is 18. The second-order valence-corrected chi connectivity index (χ2v) is 10.3. The standard InChI is InChI=1S/C24H47N7O7/c1-12(2)10-17(29-20(33)15(27)6-8-25)22(35)31-19(14(5)32)23(36)28-16(7-9-26)21(34)30-18(24(37)38)11-13(3)4/h12-19,32H,6-11,25-27H2,1-5H3,(H,28,36)(H,29,33)(H,30,34)(H,31,35)(H,37,38)/t14-,15+,16+,17-,18+,19+/m1/s1. The average Bonchev–Trinajstić information content (AvgIpc) is 2.80. The van der Waals surface area contributed by atoms with Gasteiger partial charge in [-0.2, -0.15) is 0 Å². The molecule has 14 nitrogen and oxygen atoms in total. The van der Waals surface area contributed by atoms with E-state index in [1.165, 1.54) is 6.92 Å². The molecule has 0 aliphatic heterocycles. The first-order chi connectivity index (χ1) is 17.6. The van der Waals surface area contributed by atoms with Gasteiger partial charge in [-0.3, -0.25) is 19.2 Å². The predicted molar refractivity (Wildman–Crippen MR) is 141 cm³/mol. The smallest absolute Gasteiger partial charge is 0.326 e. The lowest BCUT2D eigenvalue weighted by Gasteiger charge is -2.28. The van der Waals surface area contributed by atoms with E-state index in [2.05, 4.69) is 21.3 Å². The highest BCUT2D eigenvalue weighted by Crippen LogP contribution is 2.08. The zero-order chi connectivity index (χ0) is 29.6. The number of carbonyl (C=O) groups excluding carboxylic acids is 4. The van der Waals surface area contributed by atoms with E-state index >= 15 is 0 Å². The van der Waals surface area contributed by atoms with Crippen LogP contribution in [0.1, 0.15) is 60.3 Å². The van der Waals surface area contributed by atoms with Crippen molar-refractivity contribution in [2.75, 3.05) is 13.1 Å². The monoisotopic (exact) mass is 545 g/mol. The van der Waals surface area contributed by atoms with Crippen molar-refractivity contribution >= 4 is 29.6 Å². The predicted octanol–water partition coefficient (Wildman–Crippen LogP) is -2.49. The molecule has 14 heteroatoms. The molecule has 0 aromatic rings. The number of hydrogen-bond donors (Lipinski definition) is 9. The minimum absolute atomic E-state index is 0.00244. The largest absolute Gasteiger partial charge is 0.480 e. The van der Waals surface area contributed by atoms with Crippen molar-refractivity contribution in [3.8, 4) is 0 Å². The van der Waals surface area contributed by atoms with Gasteiger partial charge in [0.2, 0.25) is 23.6 Å². The third kappa shape index (κ3) is 13.1. The number of amides is 4. The van der Waals surface area contributed by atoms with E-state index in [4.69, 9.17) is 17.2 Å². The Morgan fingerprint density at radius 2 is 1.11 bits per heavy atom. The van der Waals surface area contributed by atoms with E-state index in [9.17, 15) is 34.2 Å². The molecule has 6 atom stereocenters. The maximum absolute atomic E-state index is 13.0. The van der Waals surface area contributed by atoms with Crippen LogP contribution in [0, 0.1) is 11.8 Å². The fraction of sp³-hybridized carbons (Fsp3) is 0.792. The van der Waals surface area contributed by atoms with Crippen LogP contribution >= 0.6 is 0 Å². The van der Waals surface area contributed by atoms with Crippen LogP contribution in [0.4, 0.5) is 0 Å². The Bertz CT molecular complexity index is 792. The zero-order valence-electron chi connectivity index (χ0n) is 23.0. The van der Waals surface area contributed by atoms with E-state index in [1.54, 1.807) is 13.8 Å². The molecular weight excluding hydrogens is 498 g/mol. The molecule has 0 aliphatic rings. The molecule has 0 unspecified atom stereocenters. The van der Waals surface area contributed by atoms with Gasteiger partial charge in [0.15, 0.2) is 0 Å². The average molecular weight is 546 g/mol. The van der Waals surface area contributed by atoms with E-state index < -0.39 is 65.9 Å².